The highest BCUT2D eigenvalue weighted by atomic mass is 79.9. The Morgan fingerprint density at radius 2 is 1.69 bits per heavy atom. The van der Waals surface area contributed by atoms with Gasteiger partial charge in [-0.3, -0.25) is 14.4 Å². The van der Waals surface area contributed by atoms with Crippen molar-refractivity contribution in [3.63, 3.8) is 0 Å². The van der Waals surface area contributed by atoms with E-state index in [1.807, 2.05) is 0 Å². The van der Waals surface area contributed by atoms with E-state index in [9.17, 15) is 19.2 Å². The molecule has 0 bridgehead atoms. The number of halogens is 1. The van der Waals surface area contributed by atoms with Gasteiger partial charge in [0, 0.05) is 23.5 Å². The lowest BCUT2D eigenvalue weighted by atomic mass is 10.1. The molecule has 0 saturated heterocycles. The smallest absolute Gasteiger partial charge is 0.410 e. The van der Waals surface area contributed by atoms with Gasteiger partial charge < -0.3 is 26.4 Å². The van der Waals surface area contributed by atoms with Crippen LogP contribution < -0.4 is 26.4 Å². The Hall–Kier alpha value is -2.62. The largest absolute Gasteiger partial charge is 0.412 e. The lowest BCUT2D eigenvalue weighted by Gasteiger charge is -2.21. The molecule has 0 aliphatic rings. The molecule has 0 spiro atoms. The summed E-state index contributed by atoms with van der Waals surface area (Å²) in [5.41, 5.74) is 5.23. The molecule has 32 heavy (non-hydrogen) atoms. The molecule has 0 fully saturated rings. The van der Waals surface area contributed by atoms with Crippen LogP contribution in [-0.2, 0) is 14.4 Å². The zero-order valence-electron chi connectivity index (χ0n) is 18.6. The number of nitrogens with one attached hydrogen (secondary N) is 3. The fourth-order valence-electron chi connectivity index (χ4n) is 2.84. The minimum absolute atomic E-state index is 0.0930. The Morgan fingerprint density at radius 3 is 2.31 bits per heavy atom. The number of carbonyl (C=O) groups is 4. The van der Waals surface area contributed by atoms with Crippen LogP contribution in [0.4, 0.5) is 4.79 Å². The van der Waals surface area contributed by atoms with Crippen LogP contribution in [0, 0.1) is 0 Å². The number of nitrogens with two attached hydrogens (primary N) is 1. The Bertz CT molecular complexity index is 757. The summed E-state index contributed by atoms with van der Waals surface area (Å²) in [7, 11) is 0. The lowest BCUT2D eigenvalue weighted by molar-refractivity contribution is -0.131. The molecule has 0 unspecified atom stereocenters. The van der Waals surface area contributed by atoms with Gasteiger partial charge in [0.05, 0.1) is 6.42 Å². The van der Waals surface area contributed by atoms with Crippen LogP contribution in [-0.4, -0.2) is 42.4 Å². The van der Waals surface area contributed by atoms with Crippen LogP contribution >= 0.6 is 15.9 Å². The number of ether oxygens (including phenoxy) is 1. The third kappa shape index (κ3) is 12.3. The minimum atomic E-state index is -1.06. The molecular formula is C22H33BrN4O5. The molecule has 5 N–H and O–H groups in total. The molecule has 0 aliphatic carbocycles. The van der Waals surface area contributed by atoms with Gasteiger partial charge in [-0.1, -0.05) is 48.5 Å². The minimum Gasteiger partial charge on any atom is -0.410 e. The fourth-order valence-corrected chi connectivity index (χ4v) is 3.11. The van der Waals surface area contributed by atoms with E-state index in [0.29, 0.717) is 5.75 Å². The van der Waals surface area contributed by atoms with Crippen molar-refractivity contribution in [2.75, 3.05) is 6.54 Å². The van der Waals surface area contributed by atoms with Crippen molar-refractivity contribution in [2.45, 2.75) is 70.9 Å². The van der Waals surface area contributed by atoms with Crippen LogP contribution in [0.1, 0.15) is 58.8 Å². The van der Waals surface area contributed by atoms with E-state index in [4.69, 9.17) is 10.5 Å². The molecule has 0 heterocycles. The van der Waals surface area contributed by atoms with Crippen LogP contribution in [0.25, 0.3) is 0 Å². The average molecular weight is 513 g/mol. The highest BCUT2D eigenvalue weighted by Crippen LogP contribution is 2.16. The highest BCUT2D eigenvalue weighted by molar-refractivity contribution is 9.10. The van der Waals surface area contributed by atoms with Gasteiger partial charge in [-0.25, -0.2) is 4.79 Å². The van der Waals surface area contributed by atoms with Gasteiger partial charge in [0.2, 0.25) is 17.7 Å². The van der Waals surface area contributed by atoms with Crippen LogP contribution in [0.2, 0.25) is 0 Å². The highest BCUT2D eigenvalue weighted by Gasteiger charge is 2.24. The number of benzene rings is 1. The lowest BCUT2D eigenvalue weighted by Crippen LogP contribution is -2.52. The van der Waals surface area contributed by atoms with E-state index in [2.05, 4.69) is 38.8 Å². The van der Waals surface area contributed by atoms with Crippen molar-refractivity contribution in [2.24, 2.45) is 5.73 Å². The topological polar surface area (TPSA) is 140 Å². The SMILES string of the molecule is CCCCCCCC(=O)N[C@H](CC(N)=O)C(=O)N[C@@H](C)CNC(=O)Oc1ccc(Br)cc1. The Labute approximate surface area is 197 Å². The number of unbranched alkanes of at least 4 members (excludes halogenated alkanes) is 4. The molecule has 2 atom stereocenters. The zero-order chi connectivity index (χ0) is 23.9. The molecule has 0 saturated carbocycles. The van der Waals surface area contributed by atoms with E-state index in [0.717, 1.165) is 36.6 Å². The van der Waals surface area contributed by atoms with Gasteiger partial charge in [0.25, 0.3) is 0 Å². The molecule has 0 radical (unpaired) electrons. The molecule has 1 aromatic rings. The Kier molecular flexibility index (Phi) is 13.0. The molecular weight excluding hydrogens is 480 g/mol. The molecule has 1 aromatic carbocycles. The summed E-state index contributed by atoms with van der Waals surface area (Å²) in [5.74, 6) is -1.16. The molecule has 4 amide bonds. The standard InChI is InChI=1S/C22H33BrN4O5/c1-3-4-5-6-7-8-20(29)27-18(13-19(24)28)21(30)26-15(2)14-25-22(31)32-17-11-9-16(23)10-12-17/h9-12,15,18H,3-8,13-14H2,1-2H3,(H2,24,28)(H,25,31)(H,26,30)(H,27,29)/t15-,18+/m0/s1. The summed E-state index contributed by atoms with van der Waals surface area (Å²) < 4.78 is 5.99. The number of amides is 4. The first-order valence-corrected chi connectivity index (χ1v) is 11.6. The Morgan fingerprint density at radius 1 is 1.03 bits per heavy atom. The molecule has 178 valence electrons. The predicted octanol–water partition coefficient (Wildman–Crippen LogP) is 2.76. The molecule has 9 nitrogen and oxygen atoms in total. The van der Waals surface area contributed by atoms with Crippen molar-refractivity contribution >= 4 is 39.7 Å². The third-order valence-corrected chi connectivity index (χ3v) is 5.06. The summed E-state index contributed by atoms with van der Waals surface area (Å²) >= 11 is 3.30. The van der Waals surface area contributed by atoms with Crippen LogP contribution in [0.3, 0.4) is 0 Å². The summed E-state index contributed by atoms with van der Waals surface area (Å²) in [4.78, 5) is 47.9. The second-order valence-corrected chi connectivity index (χ2v) is 8.50. The predicted molar refractivity (Wildman–Crippen MR) is 125 cm³/mol. The number of carbonyl (C=O) groups excluding carboxylic acids is 4. The number of rotatable bonds is 14. The van der Waals surface area contributed by atoms with E-state index in [1.54, 1.807) is 31.2 Å². The monoisotopic (exact) mass is 512 g/mol. The van der Waals surface area contributed by atoms with Gasteiger partial charge in [0.15, 0.2) is 0 Å². The number of hydrogen-bond acceptors (Lipinski definition) is 5. The summed E-state index contributed by atoms with van der Waals surface area (Å²) in [5, 5.41) is 7.79. The van der Waals surface area contributed by atoms with Gasteiger partial charge >= 0.3 is 6.09 Å². The number of primary amides is 1. The maximum atomic E-state index is 12.5. The van der Waals surface area contributed by atoms with E-state index < -0.39 is 30.0 Å². The van der Waals surface area contributed by atoms with Gasteiger partial charge in [0.1, 0.15) is 11.8 Å². The first-order valence-electron chi connectivity index (χ1n) is 10.8. The maximum absolute atomic E-state index is 12.5. The van der Waals surface area contributed by atoms with Crippen molar-refractivity contribution in [1.29, 1.82) is 0 Å². The molecule has 0 aliphatic heterocycles. The van der Waals surface area contributed by atoms with Gasteiger partial charge in [-0.15, -0.1) is 0 Å². The van der Waals surface area contributed by atoms with Crippen molar-refractivity contribution in [3.05, 3.63) is 28.7 Å². The second kappa shape index (κ2) is 15.2. The second-order valence-electron chi connectivity index (χ2n) is 7.59. The van der Waals surface area contributed by atoms with Crippen LogP contribution in [0.15, 0.2) is 28.7 Å². The summed E-state index contributed by atoms with van der Waals surface area (Å²) in [6.07, 6.45) is 4.26. The van der Waals surface area contributed by atoms with Gasteiger partial charge in [-0.2, -0.15) is 0 Å². The van der Waals surface area contributed by atoms with Crippen LogP contribution in [0.5, 0.6) is 5.75 Å². The quantitative estimate of drug-likeness (QED) is 0.283. The van der Waals surface area contributed by atoms with Crippen molar-refractivity contribution < 1.29 is 23.9 Å². The molecule has 1 rings (SSSR count). The van der Waals surface area contributed by atoms with E-state index in [1.165, 1.54) is 0 Å². The fraction of sp³-hybridized carbons (Fsp3) is 0.545. The Balaban J connectivity index is 2.45. The normalized spacial score (nSPS) is 12.3. The maximum Gasteiger partial charge on any atom is 0.412 e. The van der Waals surface area contributed by atoms with Crippen molar-refractivity contribution in [1.82, 2.24) is 16.0 Å². The van der Waals surface area contributed by atoms with Crippen molar-refractivity contribution in [3.8, 4) is 5.75 Å². The van der Waals surface area contributed by atoms with Gasteiger partial charge in [-0.05, 0) is 37.6 Å². The van der Waals surface area contributed by atoms with E-state index in [-0.39, 0.29) is 25.3 Å². The molecule has 0 aromatic heterocycles. The summed E-state index contributed by atoms with van der Waals surface area (Å²) in [6.45, 7) is 3.88. The zero-order valence-corrected chi connectivity index (χ0v) is 20.2. The van der Waals surface area contributed by atoms with E-state index >= 15 is 0 Å². The first-order chi connectivity index (χ1) is 15.2. The summed E-state index contributed by atoms with van der Waals surface area (Å²) in [6, 6.07) is 5.22. The third-order valence-electron chi connectivity index (χ3n) is 4.53. The first kappa shape index (κ1) is 27.4. The number of hydrogen-bond donors (Lipinski definition) is 4. The average Bonchev–Trinajstić information content (AvgIpc) is 2.73. The molecule has 10 heteroatoms.